The summed E-state index contributed by atoms with van der Waals surface area (Å²) in [6.07, 6.45) is 3.62. The van der Waals surface area contributed by atoms with E-state index in [9.17, 15) is 5.11 Å². The van der Waals surface area contributed by atoms with Crippen LogP contribution in [0.5, 0.6) is 11.5 Å². The van der Waals surface area contributed by atoms with E-state index < -0.39 is 6.10 Å². The van der Waals surface area contributed by atoms with Crippen LogP contribution in [0.25, 0.3) is 0 Å². The van der Waals surface area contributed by atoms with Crippen LogP contribution in [0.3, 0.4) is 0 Å². The summed E-state index contributed by atoms with van der Waals surface area (Å²) in [5.41, 5.74) is 6.52. The van der Waals surface area contributed by atoms with Gasteiger partial charge in [-0.1, -0.05) is 12.8 Å². The molecular weight excluding hydrogens is 242 g/mol. The van der Waals surface area contributed by atoms with Gasteiger partial charge in [0.2, 0.25) is 0 Å². The fourth-order valence-electron chi connectivity index (χ4n) is 3.04. The van der Waals surface area contributed by atoms with Crippen LogP contribution in [0.2, 0.25) is 0 Å². The fraction of sp³-hybridized carbons (Fsp3) is 0.600. The van der Waals surface area contributed by atoms with Gasteiger partial charge in [0.05, 0.1) is 20.3 Å². The van der Waals surface area contributed by atoms with Crippen LogP contribution in [0.1, 0.15) is 37.4 Å². The highest BCUT2D eigenvalue weighted by molar-refractivity contribution is 5.42. The second-order valence-corrected chi connectivity index (χ2v) is 5.28. The minimum Gasteiger partial charge on any atom is -0.497 e. The van der Waals surface area contributed by atoms with E-state index in [4.69, 9.17) is 15.2 Å². The highest BCUT2D eigenvalue weighted by Crippen LogP contribution is 2.48. The first-order chi connectivity index (χ1) is 9.16. The molecule has 1 aromatic rings. The third-order valence-corrected chi connectivity index (χ3v) is 4.32. The number of benzene rings is 1. The van der Waals surface area contributed by atoms with E-state index in [1.165, 1.54) is 0 Å². The van der Waals surface area contributed by atoms with Crippen LogP contribution in [-0.2, 0) is 0 Å². The smallest absolute Gasteiger partial charge is 0.128 e. The van der Waals surface area contributed by atoms with Crippen molar-refractivity contribution in [1.82, 2.24) is 0 Å². The van der Waals surface area contributed by atoms with Crippen LogP contribution < -0.4 is 15.2 Å². The van der Waals surface area contributed by atoms with Gasteiger partial charge in [-0.2, -0.15) is 0 Å². The van der Waals surface area contributed by atoms with Crippen LogP contribution in [0, 0.1) is 5.41 Å². The Morgan fingerprint density at radius 2 is 1.95 bits per heavy atom. The summed E-state index contributed by atoms with van der Waals surface area (Å²) >= 11 is 0. The molecule has 0 amide bonds. The predicted molar refractivity (Wildman–Crippen MR) is 74.5 cm³/mol. The topological polar surface area (TPSA) is 64.7 Å². The Morgan fingerprint density at radius 3 is 2.47 bits per heavy atom. The molecule has 1 saturated carbocycles. The van der Waals surface area contributed by atoms with Gasteiger partial charge in [0, 0.05) is 23.6 Å². The third-order valence-electron chi connectivity index (χ3n) is 4.32. The normalized spacial score (nSPS) is 19.2. The van der Waals surface area contributed by atoms with Gasteiger partial charge in [0.25, 0.3) is 0 Å². The predicted octanol–water partition coefficient (Wildman–Crippen LogP) is 2.26. The van der Waals surface area contributed by atoms with Crippen LogP contribution in [0.15, 0.2) is 18.2 Å². The number of hydrogen-bond donors (Lipinski definition) is 2. The molecule has 0 bridgehead atoms. The molecule has 1 aliphatic rings. The van der Waals surface area contributed by atoms with Gasteiger partial charge in [0.15, 0.2) is 0 Å². The average Bonchev–Trinajstić information content (AvgIpc) is 2.95. The van der Waals surface area contributed by atoms with Gasteiger partial charge in [-0.15, -0.1) is 0 Å². The first-order valence-corrected chi connectivity index (χ1v) is 6.77. The maximum Gasteiger partial charge on any atom is 0.128 e. The minimum absolute atomic E-state index is 0.206. The van der Waals surface area contributed by atoms with E-state index in [-0.39, 0.29) is 5.41 Å². The number of ether oxygens (including phenoxy) is 2. The van der Waals surface area contributed by atoms with Crippen LogP contribution in [-0.4, -0.2) is 25.9 Å². The molecule has 1 aliphatic carbocycles. The molecule has 19 heavy (non-hydrogen) atoms. The van der Waals surface area contributed by atoms with Crippen molar-refractivity contribution < 1.29 is 14.6 Å². The number of rotatable bonds is 5. The molecule has 0 heterocycles. The van der Waals surface area contributed by atoms with Gasteiger partial charge < -0.3 is 20.3 Å². The lowest BCUT2D eigenvalue weighted by atomic mass is 9.77. The van der Waals surface area contributed by atoms with Gasteiger partial charge in [0.1, 0.15) is 11.5 Å². The highest BCUT2D eigenvalue weighted by Gasteiger charge is 2.41. The summed E-state index contributed by atoms with van der Waals surface area (Å²) < 4.78 is 10.6. The van der Waals surface area contributed by atoms with Gasteiger partial charge in [-0.3, -0.25) is 0 Å². The lowest BCUT2D eigenvalue weighted by molar-refractivity contribution is 0.0314. The maximum absolute atomic E-state index is 10.7. The highest BCUT2D eigenvalue weighted by atomic mass is 16.5. The molecule has 3 N–H and O–H groups in total. The molecule has 4 nitrogen and oxygen atoms in total. The molecule has 1 unspecified atom stereocenters. The van der Waals surface area contributed by atoms with Crippen molar-refractivity contribution in [2.45, 2.75) is 31.8 Å². The molecule has 0 radical (unpaired) electrons. The molecule has 106 valence electrons. The van der Waals surface area contributed by atoms with E-state index in [0.717, 1.165) is 37.0 Å². The van der Waals surface area contributed by atoms with Gasteiger partial charge in [-0.25, -0.2) is 0 Å². The largest absolute Gasteiger partial charge is 0.497 e. The second kappa shape index (κ2) is 5.80. The quantitative estimate of drug-likeness (QED) is 0.857. The minimum atomic E-state index is -0.583. The third kappa shape index (κ3) is 2.55. The number of aliphatic hydroxyl groups is 1. The lowest BCUT2D eigenvalue weighted by Gasteiger charge is -2.34. The molecular formula is C15H23NO3. The number of hydrogen-bond acceptors (Lipinski definition) is 4. The molecule has 4 heteroatoms. The fourth-order valence-corrected chi connectivity index (χ4v) is 3.04. The van der Waals surface area contributed by atoms with Gasteiger partial charge in [-0.05, 0) is 25.0 Å². The van der Waals surface area contributed by atoms with Gasteiger partial charge >= 0.3 is 0 Å². The monoisotopic (exact) mass is 265 g/mol. The summed E-state index contributed by atoms with van der Waals surface area (Å²) in [6, 6.07) is 5.52. The molecule has 0 aromatic heterocycles. The number of aliphatic hydroxyl groups excluding tert-OH is 1. The van der Waals surface area contributed by atoms with E-state index >= 15 is 0 Å². The zero-order valence-corrected chi connectivity index (χ0v) is 11.7. The summed E-state index contributed by atoms with van der Waals surface area (Å²) in [7, 11) is 3.22. The van der Waals surface area contributed by atoms with E-state index in [1.807, 2.05) is 12.1 Å². The molecule has 0 saturated heterocycles. The Kier molecular flexibility index (Phi) is 4.32. The Balaban J connectivity index is 2.34. The molecule has 1 atom stereocenters. The summed E-state index contributed by atoms with van der Waals surface area (Å²) in [4.78, 5) is 0. The number of methoxy groups -OCH3 is 2. The SMILES string of the molecule is COc1ccc(C(O)C2(CN)CCCC2)c(OC)c1. The van der Waals surface area contributed by atoms with E-state index in [2.05, 4.69) is 0 Å². The average molecular weight is 265 g/mol. The van der Waals surface area contributed by atoms with Crippen molar-refractivity contribution >= 4 is 0 Å². The molecule has 0 aliphatic heterocycles. The van der Waals surface area contributed by atoms with Crippen molar-refractivity contribution in [3.63, 3.8) is 0 Å². The summed E-state index contributed by atoms with van der Waals surface area (Å²) in [5.74, 6) is 1.38. The van der Waals surface area contributed by atoms with Crippen LogP contribution in [0.4, 0.5) is 0 Å². The van der Waals surface area contributed by atoms with Crippen molar-refractivity contribution in [2.75, 3.05) is 20.8 Å². The summed E-state index contributed by atoms with van der Waals surface area (Å²) in [6.45, 7) is 0.503. The van der Waals surface area contributed by atoms with E-state index in [0.29, 0.717) is 12.3 Å². The first-order valence-electron chi connectivity index (χ1n) is 6.77. The first kappa shape index (κ1) is 14.2. The molecule has 1 aromatic carbocycles. The standard InChI is InChI=1S/C15H23NO3/c1-18-11-5-6-12(13(9-11)19-2)14(17)15(10-16)7-3-4-8-15/h5-6,9,14,17H,3-4,7-8,10,16H2,1-2H3. The molecule has 0 spiro atoms. The number of nitrogens with two attached hydrogens (primary N) is 1. The maximum atomic E-state index is 10.7. The van der Waals surface area contributed by atoms with Crippen molar-refractivity contribution in [3.05, 3.63) is 23.8 Å². The lowest BCUT2D eigenvalue weighted by Crippen LogP contribution is -2.34. The Hall–Kier alpha value is -1.26. The Bertz CT molecular complexity index is 427. The Labute approximate surface area is 114 Å². The second-order valence-electron chi connectivity index (χ2n) is 5.28. The van der Waals surface area contributed by atoms with E-state index in [1.54, 1.807) is 20.3 Å². The summed E-state index contributed by atoms with van der Waals surface area (Å²) in [5, 5.41) is 10.7. The zero-order valence-electron chi connectivity index (χ0n) is 11.7. The van der Waals surface area contributed by atoms with Crippen LogP contribution >= 0.6 is 0 Å². The Morgan fingerprint density at radius 1 is 1.26 bits per heavy atom. The molecule has 2 rings (SSSR count). The van der Waals surface area contributed by atoms with Crippen molar-refractivity contribution in [1.29, 1.82) is 0 Å². The molecule has 1 fully saturated rings. The van der Waals surface area contributed by atoms with Crippen molar-refractivity contribution in [3.8, 4) is 11.5 Å². The zero-order chi connectivity index (χ0) is 13.9. The van der Waals surface area contributed by atoms with Crippen molar-refractivity contribution in [2.24, 2.45) is 11.1 Å².